The number of hydrogen-bond acceptors (Lipinski definition) is 8. The second-order valence-electron chi connectivity index (χ2n) is 15.6. The fourth-order valence-electron chi connectivity index (χ4n) is 9.14. The van der Waals surface area contributed by atoms with E-state index in [1.165, 1.54) is 32.1 Å². The van der Waals surface area contributed by atoms with E-state index < -0.39 is 0 Å². The van der Waals surface area contributed by atoms with Gasteiger partial charge in [-0.3, -0.25) is 9.59 Å². The first-order valence-corrected chi connectivity index (χ1v) is 21.2. The summed E-state index contributed by atoms with van der Waals surface area (Å²) >= 11 is 7.09. The molecule has 12 heteroatoms. The molecule has 6 aromatic rings. The molecule has 3 unspecified atom stereocenters. The summed E-state index contributed by atoms with van der Waals surface area (Å²) in [6.45, 7) is 3.25. The summed E-state index contributed by atoms with van der Waals surface area (Å²) in [6, 6.07) is 28.5. The van der Waals surface area contributed by atoms with Gasteiger partial charge in [-0.2, -0.15) is 0 Å². The number of amides is 2. The topological polar surface area (TPSA) is 117 Å². The lowest BCUT2D eigenvalue weighted by Gasteiger charge is -2.47. The summed E-state index contributed by atoms with van der Waals surface area (Å²) in [7, 11) is 2.23. The first-order valence-electron chi connectivity index (χ1n) is 19.6. The van der Waals surface area contributed by atoms with Gasteiger partial charge < -0.3 is 29.3 Å². The van der Waals surface area contributed by atoms with Gasteiger partial charge in [-0.25, -0.2) is 9.97 Å². The van der Waals surface area contributed by atoms with Crippen LogP contribution in [0.3, 0.4) is 0 Å². The summed E-state index contributed by atoms with van der Waals surface area (Å²) in [5.41, 5.74) is 5.34. The maximum Gasteiger partial charge on any atom is 0.255 e. The Morgan fingerprint density at radius 2 is 1.18 bits per heavy atom. The van der Waals surface area contributed by atoms with Gasteiger partial charge in [0.15, 0.2) is 11.2 Å². The Morgan fingerprint density at radius 1 is 0.679 bits per heavy atom. The highest BCUT2D eigenvalue weighted by Gasteiger charge is 2.38. The van der Waals surface area contributed by atoms with Crippen LogP contribution < -0.4 is 10.6 Å². The Balaban J connectivity index is 0.000000147. The summed E-state index contributed by atoms with van der Waals surface area (Å²) in [6.07, 6.45) is 8.11. The molecule has 3 atom stereocenters. The first-order chi connectivity index (χ1) is 27.3. The molecule has 5 saturated heterocycles. The normalized spacial score (nSPS) is 24.4. The van der Waals surface area contributed by atoms with Crippen LogP contribution in [0.15, 0.2) is 103 Å². The molecule has 2 aromatic heterocycles. The number of halogens is 2. The number of oxazole rings is 2. The molecule has 4 bridgehead atoms. The lowest BCUT2D eigenvalue weighted by molar-refractivity contribution is 0.0463. The van der Waals surface area contributed by atoms with Crippen LogP contribution in [0.1, 0.15) is 65.7 Å². The monoisotopic (exact) mass is 878 g/mol. The van der Waals surface area contributed by atoms with E-state index in [9.17, 15) is 9.59 Å². The van der Waals surface area contributed by atoms with E-state index in [1.807, 2.05) is 84.9 Å². The molecule has 56 heavy (non-hydrogen) atoms. The second-order valence-corrected chi connectivity index (χ2v) is 17.3. The van der Waals surface area contributed by atoms with Crippen molar-refractivity contribution in [3.05, 3.63) is 105 Å². The molecule has 5 fully saturated rings. The molecule has 0 radical (unpaired) electrons. The summed E-state index contributed by atoms with van der Waals surface area (Å²) in [5.74, 6) is 1.47. The van der Waals surface area contributed by atoms with Crippen LogP contribution in [0.2, 0.25) is 0 Å². The van der Waals surface area contributed by atoms with Crippen LogP contribution in [-0.2, 0) is 0 Å². The van der Waals surface area contributed by atoms with Crippen molar-refractivity contribution >= 4 is 65.9 Å². The van der Waals surface area contributed by atoms with E-state index in [2.05, 4.69) is 69.3 Å². The quantitative estimate of drug-likeness (QED) is 0.170. The molecule has 0 spiro atoms. The number of fused-ring (bicyclic) bond motifs is 7. The Labute approximate surface area is 342 Å². The predicted molar refractivity (Wildman–Crippen MR) is 224 cm³/mol. The van der Waals surface area contributed by atoms with Crippen LogP contribution in [0.25, 0.3) is 45.1 Å². The standard InChI is InChI=1S/C23H24BrN3O2.C21H20BrN3O2/c1-27-16-8-5-9-17(27)13-15(12-16)25-22(28)20-18(24)10-11-19-21(20)26-23(29-19)14-6-3-2-4-7-14;22-15-6-7-17-19(24-21(27-17)14-4-2-1-3-5-14)18(15)20(26)23-16-12-25-10-8-13(16)9-11-25/h2-4,6-7,10-11,15-17H,5,8-9,12-13H2,1H3,(H,25,28);1-7,13,16H,8-12H2,(H,23,26). The van der Waals surface area contributed by atoms with Gasteiger partial charge in [0.2, 0.25) is 11.8 Å². The van der Waals surface area contributed by atoms with Crippen molar-refractivity contribution in [3.63, 3.8) is 0 Å². The number of carbonyl (C=O) groups is 2. The molecule has 0 saturated carbocycles. The van der Waals surface area contributed by atoms with Crippen LogP contribution in [-0.4, -0.2) is 82.4 Å². The lowest BCUT2D eigenvalue weighted by atomic mass is 9.82. The van der Waals surface area contributed by atoms with Gasteiger partial charge in [0.25, 0.3) is 11.8 Å². The molecule has 5 aliphatic heterocycles. The van der Waals surface area contributed by atoms with Crippen LogP contribution in [0.4, 0.5) is 0 Å². The molecule has 10 nitrogen and oxygen atoms in total. The van der Waals surface area contributed by atoms with E-state index in [0.29, 0.717) is 63.1 Å². The number of rotatable bonds is 6. The number of aromatic nitrogens is 2. The minimum absolute atomic E-state index is 0.0805. The van der Waals surface area contributed by atoms with E-state index >= 15 is 0 Å². The number of nitrogens with one attached hydrogen (secondary N) is 2. The third kappa shape index (κ3) is 7.44. The van der Waals surface area contributed by atoms with Gasteiger partial charge in [0.1, 0.15) is 11.0 Å². The molecule has 2 N–H and O–H groups in total. The SMILES string of the molecule is CN1C2CCCC1CC(NC(=O)c1c(Br)ccc3oc(-c4ccccc4)nc13)C2.O=C(NC1CN2CCC1CC2)c1c(Br)ccc2oc(-c3ccccc3)nc12. The summed E-state index contributed by atoms with van der Waals surface area (Å²) in [4.78, 5) is 40.6. The van der Waals surface area contributed by atoms with Crippen molar-refractivity contribution in [1.82, 2.24) is 30.4 Å². The third-order valence-electron chi connectivity index (χ3n) is 12.2. The Bertz CT molecular complexity index is 2360. The van der Waals surface area contributed by atoms with E-state index in [-0.39, 0.29) is 23.9 Å². The highest BCUT2D eigenvalue weighted by molar-refractivity contribution is 9.10. The van der Waals surface area contributed by atoms with Crippen LogP contribution >= 0.6 is 31.9 Å². The van der Waals surface area contributed by atoms with Crippen molar-refractivity contribution in [3.8, 4) is 22.9 Å². The zero-order valence-electron chi connectivity index (χ0n) is 31.2. The van der Waals surface area contributed by atoms with Gasteiger partial charge in [-0.05, 0) is 145 Å². The highest BCUT2D eigenvalue weighted by atomic mass is 79.9. The van der Waals surface area contributed by atoms with E-state index in [0.717, 1.165) is 52.5 Å². The van der Waals surface area contributed by atoms with Gasteiger partial charge in [0, 0.05) is 50.8 Å². The summed E-state index contributed by atoms with van der Waals surface area (Å²) in [5, 5.41) is 6.55. The molecule has 4 aromatic carbocycles. The van der Waals surface area contributed by atoms with Crippen LogP contribution in [0, 0.1) is 5.92 Å². The van der Waals surface area contributed by atoms with Crippen molar-refractivity contribution < 1.29 is 18.4 Å². The smallest absolute Gasteiger partial charge is 0.255 e. The van der Waals surface area contributed by atoms with Crippen LogP contribution in [0.5, 0.6) is 0 Å². The molecule has 0 aliphatic carbocycles. The van der Waals surface area contributed by atoms with Gasteiger partial charge in [-0.15, -0.1) is 0 Å². The second kappa shape index (κ2) is 15.9. The van der Waals surface area contributed by atoms with E-state index in [4.69, 9.17) is 8.83 Å². The van der Waals surface area contributed by atoms with Crippen molar-refractivity contribution in [1.29, 1.82) is 0 Å². The predicted octanol–water partition coefficient (Wildman–Crippen LogP) is 9.08. The molecule has 5 aliphatic rings. The number of piperidine rings is 5. The summed E-state index contributed by atoms with van der Waals surface area (Å²) < 4.78 is 13.3. The largest absolute Gasteiger partial charge is 0.436 e. The molecule has 288 valence electrons. The van der Waals surface area contributed by atoms with E-state index in [1.54, 1.807) is 0 Å². The van der Waals surface area contributed by atoms with Gasteiger partial charge >= 0.3 is 0 Å². The molecule has 7 heterocycles. The number of benzene rings is 4. The third-order valence-corrected chi connectivity index (χ3v) is 13.5. The minimum atomic E-state index is -0.0841. The van der Waals surface area contributed by atoms with Gasteiger partial charge in [-0.1, -0.05) is 42.8 Å². The van der Waals surface area contributed by atoms with Crippen molar-refractivity contribution in [2.75, 3.05) is 26.7 Å². The maximum atomic E-state index is 13.3. The molecule has 2 amide bonds. The first kappa shape index (κ1) is 37.2. The fourth-order valence-corrected chi connectivity index (χ4v) is 10.1. The minimum Gasteiger partial charge on any atom is -0.436 e. The Morgan fingerprint density at radius 3 is 1.66 bits per heavy atom. The van der Waals surface area contributed by atoms with Crippen molar-refractivity contribution in [2.45, 2.75) is 69.1 Å². The molecular formula is C44H44Br2N6O4. The number of nitrogens with zero attached hydrogens (tertiary/aromatic N) is 4. The zero-order chi connectivity index (χ0) is 38.3. The Hall–Kier alpha value is -4.36. The molecular weight excluding hydrogens is 836 g/mol. The highest BCUT2D eigenvalue weighted by Crippen LogP contribution is 2.35. The van der Waals surface area contributed by atoms with Crippen molar-refractivity contribution in [2.24, 2.45) is 5.92 Å². The average molecular weight is 881 g/mol. The molecule has 11 rings (SSSR count). The Kier molecular flexibility index (Phi) is 10.6. The number of carbonyl (C=O) groups excluding carboxylic acids is 2. The number of hydrogen-bond donors (Lipinski definition) is 2. The fraction of sp³-hybridized carbons (Fsp3) is 0.364. The maximum absolute atomic E-state index is 13.3. The average Bonchev–Trinajstić information content (AvgIpc) is 3.85. The zero-order valence-corrected chi connectivity index (χ0v) is 34.4. The van der Waals surface area contributed by atoms with Gasteiger partial charge in [0.05, 0.1) is 11.1 Å². The lowest BCUT2D eigenvalue weighted by Crippen LogP contribution is -2.57.